The topological polar surface area (TPSA) is 596 Å². The Bertz CT molecular complexity index is 4150. The van der Waals surface area contributed by atoms with E-state index in [9.17, 15) is 88.2 Å². The second-order valence-electron chi connectivity index (χ2n) is 31.3. The maximum Gasteiger partial charge on any atom is 0.329 e. The number of H-pyrrole nitrogens is 3. The number of aromatic nitrogens is 6. The van der Waals surface area contributed by atoms with Gasteiger partial charge in [-0.2, -0.15) is 0 Å². The number of unbranched alkanes of at least 4 members (excludes halogenated alkanes) is 4. The number of phenols is 2. The first-order valence-electron chi connectivity index (χ1n) is 39.7. The van der Waals surface area contributed by atoms with Crippen molar-refractivity contribution in [2.24, 2.45) is 17.2 Å². The molecule has 0 radical (unpaired) electrons. The van der Waals surface area contributed by atoms with Gasteiger partial charge in [-0.25, -0.2) is 29.3 Å². The highest BCUT2D eigenvalue weighted by atomic mass is 35.5. The molecule has 1 aliphatic rings. The molecule has 1 aromatic carbocycles. The number of aliphatic hydroxyl groups is 4. The van der Waals surface area contributed by atoms with Crippen LogP contribution in [0.1, 0.15) is 178 Å². The third kappa shape index (κ3) is 50.1. The molecule has 666 valence electrons. The van der Waals surface area contributed by atoms with Crippen LogP contribution in [-0.2, 0) is 57.6 Å². The predicted molar refractivity (Wildman–Crippen MR) is 456 cm³/mol. The highest BCUT2D eigenvalue weighted by Gasteiger charge is 2.38. The normalized spacial score (nSPS) is 13.1. The zero-order chi connectivity index (χ0) is 88.7. The predicted octanol–water partition coefficient (Wildman–Crippen LogP) is 3.03. The Morgan fingerprint density at radius 3 is 1.56 bits per heavy atom. The lowest BCUT2D eigenvalue weighted by Crippen LogP contribution is -2.54. The molecule has 0 bridgehead atoms. The molecule has 5 rings (SSSR count). The van der Waals surface area contributed by atoms with Gasteiger partial charge in [0.05, 0.1) is 67.2 Å². The molecule has 39 heteroatoms. The average molecular weight is 1720 g/mol. The fourth-order valence-electron chi connectivity index (χ4n) is 11.7. The van der Waals surface area contributed by atoms with E-state index in [-0.39, 0.29) is 101 Å². The number of hydrogen-bond acceptors (Lipinski definition) is 26. The van der Waals surface area contributed by atoms with E-state index < -0.39 is 65.9 Å². The van der Waals surface area contributed by atoms with Crippen molar-refractivity contribution in [1.82, 2.24) is 56.5 Å². The summed E-state index contributed by atoms with van der Waals surface area (Å²) in [5, 5.41) is 82.0. The summed E-state index contributed by atoms with van der Waals surface area (Å²) in [6, 6.07) is 6.99. The Morgan fingerprint density at radius 2 is 1.06 bits per heavy atom. The Balaban J connectivity index is 0.000000827. The molecule has 5 atom stereocenters. The number of aliphatic hydroxyl groups excluding tert-OH is 4. The summed E-state index contributed by atoms with van der Waals surface area (Å²) in [5.74, 6) is -1.02. The van der Waals surface area contributed by atoms with Gasteiger partial charge >= 0.3 is 18.0 Å². The summed E-state index contributed by atoms with van der Waals surface area (Å²) in [5.41, 5.74) is 18.7. The van der Waals surface area contributed by atoms with Crippen molar-refractivity contribution in [2.45, 2.75) is 219 Å². The number of ether oxygens (including phenoxy) is 1. The molecule has 0 spiro atoms. The SMILES string of the molecule is CC1=CC(=O)C=C(NC(=O)N[C@@H](CCCCN)C(=O)OC(C)(C)C)C1.Cc1cc(=O)[nH]c(CC(=O)CCCC[N+](C)(C)CCCNC(=O)[C@H](O)[C@@H](O)[C@@H](O)[C@H](O)C(=O)NCCC[N+](C)(C)CCCN)n1.Cc1cc(=O)[nH]c(CC(=O)CCCc2ccc(O)c(O)c2)n1.Cc1cc(=O)[nH]c(NC(=O)NCCCCCC(=O)CCCSC(=N)N)n1.Cl. The summed E-state index contributed by atoms with van der Waals surface area (Å²) < 4.78 is 6.71. The van der Waals surface area contributed by atoms with Crippen LogP contribution in [-0.4, -0.2) is 257 Å². The van der Waals surface area contributed by atoms with Crippen molar-refractivity contribution in [3.05, 3.63) is 125 Å². The molecular weight excluding hydrogens is 1580 g/mol. The maximum atomic E-state index is 12.3. The van der Waals surface area contributed by atoms with Crippen LogP contribution in [0.3, 0.4) is 0 Å². The van der Waals surface area contributed by atoms with Crippen LogP contribution in [0.5, 0.6) is 11.5 Å². The maximum absolute atomic E-state index is 12.3. The van der Waals surface area contributed by atoms with Gasteiger partial charge in [0, 0.05) is 124 Å². The zero-order valence-corrected chi connectivity index (χ0v) is 72.3. The second-order valence-corrected chi connectivity index (χ2v) is 32.4. The number of phenolic OH excluding ortho intramolecular Hbond substituents is 2. The first-order valence-corrected chi connectivity index (χ1v) is 40.7. The fourth-order valence-corrected chi connectivity index (χ4v) is 12.2. The number of aryl methyl sites for hydroxylation is 4. The fraction of sp³-hybridized carbons (Fsp3) is 0.600. The average Bonchev–Trinajstić information content (AvgIpc) is 0.872. The highest BCUT2D eigenvalue weighted by molar-refractivity contribution is 8.13. The van der Waals surface area contributed by atoms with Gasteiger partial charge in [0.25, 0.3) is 28.5 Å². The van der Waals surface area contributed by atoms with E-state index in [1.165, 1.54) is 54.2 Å². The number of esters is 1. The van der Waals surface area contributed by atoms with E-state index in [1.807, 2.05) is 35.1 Å². The number of carbonyl (C=O) groups is 9. The Morgan fingerprint density at radius 1 is 0.571 bits per heavy atom. The number of nitrogens with one attached hydrogen (secondary N) is 10. The number of nitrogens with zero attached hydrogens (tertiary/aromatic N) is 5. The van der Waals surface area contributed by atoms with Gasteiger partial charge in [0.15, 0.2) is 34.7 Å². The summed E-state index contributed by atoms with van der Waals surface area (Å²) in [6.45, 7) is 17.4. The molecule has 37 nitrogen and oxygen atoms in total. The molecule has 3 aromatic heterocycles. The number of urea groups is 2. The number of nitrogens with two attached hydrogens (primary N) is 3. The van der Waals surface area contributed by atoms with Crippen LogP contribution >= 0.6 is 24.2 Å². The number of aromatic hydroxyl groups is 2. The summed E-state index contributed by atoms with van der Waals surface area (Å²) in [7, 11) is 8.14. The lowest BCUT2D eigenvalue weighted by Gasteiger charge is -2.30. The number of Topliss-reactive ketones (excluding diaryl/α,β-unsaturated/α-hetero) is 3. The number of thioether (sulfide) groups is 1. The number of anilines is 1. The van der Waals surface area contributed by atoms with Gasteiger partial charge in [-0.3, -0.25) is 58.9 Å². The molecule has 119 heavy (non-hydrogen) atoms. The van der Waals surface area contributed by atoms with E-state index >= 15 is 0 Å². The third-order valence-corrected chi connectivity index (χ3v) is 18.6. The summed E-state index contributed by atoms with van der Waals surface area (Å²) >= 11 is 1.25. The van der Waals surface area contributed by atoms with Gasteiger partial charge in [-0.15, -0.1) is 12.4 Å². The minimum Gasteiger partial charge on any atom is -0.504 e. The van der Waals surface area contributed by atoms with Crippen LogP contribution in [0.15, 0.2) is 74.2 Å². The Labute approximate surface area is 705 Å². The molecule has 0 saturated heterocycles. The monoisotopic (exact) mass is 1710 g/mol. The van der Waals surface area contributed by atoms with Crippen LogP contribution in [0, 0.1) is 26.2 Å². The zero-order valence-electron chi connectivity index (χ0n) is 70.7. The Kier molecular flexibility index (Phi) is 51.2. The number of amides is 6. The lowest BCUT2D eigenvalue weighted by molar-refractivity contribution is -0.890. The number of amidine groups is 1. The van der Waals surface area contributed by atoms with Gasteiger partial charge in [0.1, 0.15) is 52.8 Å². The van der Waals surface area contributed by atoms with Gasteiger partial charge in [-0.1, -0.05) is 29.8 Å². The number of rotatable bonds is 47. The van der Waals surface area contributed by atoms with Crippen LogP contribution in [0.2, 0.25) is 0 Å². The van der Waals surface area contributed by atoms with Crippen molar-refractivity contribution in [3.63, 3.8) is 0 Å². The molecule has 4 aromatic rings. The lowest BCUT2D eigenvalue weighted by atomic mass is 10.0. The van der Waals surface area contributed by atoms with Gasteiger partial charge in [-0.05, 0) is 150 Å². The molecule has 3 heterocycles. The number of carbonyl (C=O) groups excluding carboxylic acids is 9. The number of quaternary nitrogens is 2. The quantitative estimate of drug-likeness (QED) is 0.00754. The molecule has 22 N–H and O–H groups in total. The first-order chi connectivity index (χ1) is 55.4. The van der Waals surface area contributed by atoms with E-state index in [0.717, 1.165) is 80.2 Å². The third-order valence-electron chi connectivity index (χ3n) is 17.7. The van der Waals surface area contributed by atoms with Gasteiger partial charge in [0.2, 0.25) is 5.95 Å². The number of benzene rings is 1. The molecular formula is C80H131ClN18O19S+2. The van der Waals surface area contributed by atoms with E-state index in [4.69, 9.17) is 27.3 Å². The van der Waals surface area contributed by atoms with E-state index in [0.29, 0.717) is 148 Å². The van der Waals surface area contributed by atoms with Crippen LogP contribution in [0.4, 0.5) is 15.5 Å². The molecule has 0 fully saturated rings. The molecule has 0 aliphatic heterocycles. The van der Waals surface area contributed by atoms with Gasteiger partial charge < -0.3 is 98.1 Å². The molecule has 0 saturated carbocycles. The first kappa shape index (κ1) is 107. The second kappa shape index (κ2) is 56.7. The molecule has 0 unspecified atom stereocenters. The number of allylic oxidation sites excluding steroid dienone is 3. The van der Waals surface area contributed by atoms with E-state index in [2.05, 4.69) is 61.8 Å². The van der Waals surface area contributed by atoms with Crippen molar-refractivity contribution >= 4 is 88.3 Å². The number of aromatic amines is 3. The minimum atomic E-state index is -2.07. The van der Waals surface area contributed by atoms with Crippen molar-refractivity contribution < 1.29 is 87.5 Å². The van der Waals surface area contributed by atoms with Crippen molar-refractivity contribution in [2.75, 3.05) is 98.2 Å². The number of ketones is 4. The standard InChI is InChI=1S/C30H55N7O8.C18H29N3O4.C16H26N6O3S.C16H18N2O4.ClH/c1-21-19-24(39)35-23(34-21)20-22(38)11-6-7-15-36(2,3)17-9-13-32-29(44)27(42)25(40)26(41)28(43)30(45)33-14-10-18-37(4,5)16-8-12-31;1-12-9-13(11-14(22)10-12)20-17(24)21-15(7-5-6-8-19)16(23)25-18(2,3)4;1-11-10-13(24)21-15(20-11)22-16(25)19-8-4-2-3-6-12(23)7-5-9-26-14(17)18;1-10-7-16(22)18-15(17-10)9-12(19)4-2-3-11-5-6-13(20)14(21)8-11;/h19,25-28,40-43H,6-18,20,31H2,1-5H3,(H-2,32,33,34,35,39,44,45);10-11,15H,5-9,19H2,1-4H3,(H2,20,21,24);10H,2-9H2,1H3,(H3,17,18)(H3,19,20,21,22,24,25);5-8,20-21H,2-4,9H2,1H3,(H,17,18,22);1H/p+2/t25-,26+,27+,28-;15-;;;/m00.../s1. The molecule has 1 aliphatic carbocycles. The number of halogens is 1. The van der Waals surface area contributed by atoms with E-state index in [1.54, 1.807) is 47.6 Å². The smallest absolute Gasteiger partial charge is 0.329 e. The highest BCUT2D eigenvalue weighted by Crippen LogP contribution is 2.26. The summed E-state index contributed by atoms with van der Waals surface area (Å²) in [6.07, 6.45) is 6.97. The number of hydrogen-bond donors (Lipinski definition) is 19. The van der Waals surface area contributed by atoms with Crippen molar-refractivity contribution in [1.29, 1.82) is 5.41 Å². The van der Waals surface area contributed by atoms with Crippen LogP contribution < -0.4 is 65.8 Å². The summed E-state index contributed by atoms with van der Waals surface area (Å²) in [4.78, 5) is 162. The van der Waals surface area contributed by atoms with Crippen LogP contribution in [0.25, 0.3) is 0 Å². The molecule has 6 amide bonds. The Hall–Kier alpha value is -9.64. The largest absolute Gasteiger partial charge is 0.504 e. The van der Waals surface area contributed by atoms with Crippen molar-refractivity contribution in [3.8, 4) is 11.5 Å². The minimum absolute atomic E-state index is 0.